The van der Waals surface area contributed by atoms with E-state index in [1.807, 2.05) is 6.92 Å². The molecule has 0 spiro atoms. The summed E-state index contributed by atoms with van der Waals surface area (Å²) in [6.45, 7) is 3.65. The lowest BCUT2D eigenvalue weighted by Gasteiger charge is -2.14. The van der Waals surface area contributed by atoms with E-state index in [0.717, 1.165) is 0 Å². The topological polar surface area (TPSA) is 67.9 Å². The first-order chi connectivity index (χ1) is 7.42. The number of rotatable bonds is 4. The summed E-state index contributed by atoms with van der Waals surface area (Å²) in [4.78, 5) is 16.1. The van der Waals surface area contributed by atoms with Gasteiger partial charge < -0.3 is 9.47 Å². The Hall–Kier alpha value is -1.56. The highest BCUT2D eigenvalue weighted by atomic mass is 16.5. The fraction of sp³-hybridized carbons (Fsp3) is 0.556. The van der Waals surface area contributed by atoms with Crippen molar-refractivity contribution < 1.29 is 9.47 Å². The van der Waals surface area contributed by atoms with Gasteiger partial charge in [0.25, 0.3) is 0 Å². The van der Waals surface area contributed by atoms with Crippen LogP contribution in [0.5, 0.6) is 0 Å². The predicted octanol–water partition coefficient (Wildman–Crippen LogP) is 0.289. The highest BCUT2D eigenvalue weighted by molar-refractivity contribution is 6.18. The van der Waals surface area contributed by atoms with Gasteiger partial charge in [0, 0.05) is 6.61 Å². The number of hydrogen-bond donors (Lipinski definition) is 0. The molecule has 0 saturated heterocycles. The summed E-state index contributed by atoms with van der Waals surface area (Å²) in [5, 5.41) is 0. The second-order valence-electron chi connectivity index (χ2n) is 2.91. The standard InChI is InChI=1S/C9H12N4O2/c1-2-14-3-4-15-9-7-8(11-5-10-7)12-6-13-9/h5-7H,2-4H2,1H3. The largest absolute Gasteiger partial charge is 0.476 e. The molecule has 80 valence electrons. The molecule has 0 radical (unpaired) electrons. The second-order valence-corrected chi connectivity index (χ2v) is 2.91. The smallest absolute Gasteiger partial charge is 0.223 e. The van der Waals surface area contributed by atoms with E-state index in [2.05, 4.69) is 20.0 Å². The van der Waals surface area contributed by atoms with Gasteiger partial charge in [-0.05, 0) is 6.92 Å². The Morgan fingerprint density at radius 1 is 1.27 bits per heavy atom. The Balaban J connectivity index is 1.86. The van der Waals surface area contributed by atoms with E-state index in [9.17, 15) is 0 Å². The lowest BCUT2D eigenvalue weighted by Crippen LogP contribution is -2.31. The van der Waals surface area contributed by atoms with Crippen molar-refractivity contribution in [3.05, 3.63) is 0 Å². The zero-order chi connectivity index (χ0) is 10.5. The zero-order valence-electron chi connectivity index (χ0n) is 8.46. The van der Waals surface area contributed by atoms with Gasteiger partial charge in [-0.2, -0.15) is 0 Å². The van der Waals surface area contributed by atoms with Gasteiger partial charge in [0.1, 0.15) is 19.3 Å². The Labute approximate surface area is 87.5 Å². The van der Waals surface area contributed by atoms with Crippen molar-refractivity contribution in [2.45, 2.75) is 13.0 Å². The van der Waals surface area contributed by atoms with E-state index in [1.165, 1.54) is 12.7 Å². The molecule has 6 heteroatoms. The first-order valence-corrected chi connectivity index (χ1v) is 4.82. The van der Waals surface area contributed by atoms with Gasteiger partial charge >= 0.3 is 0 Å². The highest BCUT2D eigenvalue weighted by Crippen LogP contribution is 2.09. The zero-order valence-corrected chi connectivity index (χ0v) is 8.46. The van der Waals surface area contributed by atoms with E-state index in [1.54, 1.807) is 0 Å². The van der Waals surface area contributed by atoms with Crippen LogP contribution in [0.4, 0.5) is 0 Å². The minimum Gasteiger partial charge on any atom is -0.476 e. The molecule has 2 rings (SSSR count). The van der Waals surface area contributed by atoms with Crippen LogP contribution >= 0.6 is 0 Å². The summed E-state index contributed by atoms with van der Waals surface area (Å²) in [7, 11) is 0. The van der Waals surface area contributed by atoms with Crippen molar-refractivity contribution in [2.75, 3.05) is 19.8 Å². The third kappa shape index (κ3) is 2.27. The van der Waals surface area contributed by atoms with E-state index in [4.69, 9.17) is 9.47 Å². The Morgan fingerprint density at radius 2 is 2.20 bits per heavy atom. The molecule has 6 nitrogen and oxygen atoms in total. The van der Waals surface area contributed by atoms with Gasteiger partial charge in [-0.25, -0.2) is 15.0 Å². The number of aliphatic imine (C=N–C) groups is 4. The first-order valence-electron chi connectivity index (χ1n) is 4.82. The van der Waals surface area contributed by atoms with Crippen molar-refractivity contribution in [3.63, 3.8) is 0 Å². The average molecular weight is 208 g/mol. The van der Waals surface area contributed by atoms with Gasteiger partial charge in [0.05, 0.1) is 6.61 Å². The van der Waals surface area contributed by atoms with Crippen LogP contribution in [0, 0.1) is 0 Å². The number of amidine groups is 1. The van der Waals surface area contributed by atoms with E-state index < -0.39 is 0 Å². The first kappa shape index (κ1) is 9.97. The monoisotopic (exact) mass is 208 g/mol. The molecule has 0 aromatic rings. The van der Waals surface area contributed by atoms with Crippen LogP contribution in [-0.2, 0) is 9.47 Å². The molecular formula is C9H12N4O2. The number of nitrogens with zero attached hydrogens (tertiary/aromatic N) is 4. The molecule has 0 N–H and O–H groups in total. The van der Waals surface area contributed by atoms with E-state index in [-0.39, 0.29) is 6.04 Å². The molecule has 0 aliphatic carbocycles. The molecule has 1 atom stereocenters. The number of ether oxygens (including phenoxy) is 2. The molecular weight excluding hydrogens is 196 g/mol. The summed E-state index contributed by atoms with van der Waals surface area (Å²) in [5.41, 5.74) is 0. The minimum atomic E-state index is -0.253. The van der Waals surface area contributed by atoms with Crippen molar-refractivity contribution in [3.8, 4) is 0 Å². The molecule has 0 bridgehead atoms. The van der Waals surface area contributed by atoms with Gasteiger partial charge in [-0.3, -0.25) is 4.99 Å². The maximum atomic E-state index is 5.44. The molecule has 0 aromatic heterocycles. The molecule has 0 amide bonds. The maximum Gasteiger partial charge on any atom is 0.223 e. The molecule has 0 fully saturated rings. The minimum absolute atomic E-state index is 0.253. The summed E-state index contributed by atoms with van der Waals surface area (Å²) >= 11 is 0. The highest BCUT2D eigenvalue weighted by Gasteiger charge is 2.27. The van der Waals surface area contributed by atoms with Crippen molar-refractivity contribution in [2.24, 2.45) is 20.0 Å². The SMILES string of the molecule is CCOCCOC1=NC=NC2=NC=NC21. The normalized spacial score (nSPS) is 22.3. The van der Waals surface area contributed by atoms with Crippen LogP contribution in [0.1, 0.15) is 6.92 Å². The summed E-state index contributed by atoms with van der Waals surface area (Å²) in [5.74, 6) is 1.17. The second kappa shape index (κ2) is 4.79. The van der Waals surface area contributed by atoms with Crippen LogP contribution in [0.15, 0.2) is 20.0 Å². The van der Waals surface area contributed by atoms with Gasteiger partial charge in [0.15, 0.2) is 11.9 Å². The van der Waals surface area contributed by atoms with Crippen molar-refractivity contribution in [1.29, 1.82) is 0 Å². The van der Waals surface area contributed by atoms with Crippen molar-refractivity contribution >= 4 is 24.4 Å². The summed E-state index contributed by atoms with van der Waals surface area (Å²) < 4.78 is 10.6. The van der Waals surface area contributed by atoms with E-state index in [0.29, 0.717) is 31.6 Å². The average Bonchev–Trinajstić information content (AvgIpc) is 2.73. The third-order valence-corrected chi connectivity index (χ3v) is 1.94. The summed E-state index contributed by atoms with van der Waals surface area (Å²) in [6.07, 6.45) is 2.91. The van der Waals surface area contributed by atoms with Crippen LogP contribution in [0.25, 0.3) is 0 Å². The maximum absolute atomic E-state index is 5.44. The quantitative estimate of drug-likeness (QED) is 0.623. The van der Waals surface area contributed by atoms with Crippen LogP contribution in [0.3, 0.4) is 0 Å². The molecule has 1 unspecified atom stereocenters. The molecule has 2 heterocycles. The van der Waals surface area contributed by atoms with Crippen LogP contribution in [0.2, 0.25) is 0 Å². The Kier molecular flexibility index (Phi) is 3.18. The lowest BCUT2D eigenvalue weighted by molar-refractivity contribution is 0.105. The van der Waals surface area contributed by atoms with Crippen LogP contribution in [-0.4, -0.2) is 50.3 Å². The number of fused-ring (bicyclic) bond motifs is 1. The molecule has 2 aliphatic rings. The fourth-order valence-corrected chi connectivity index (χ4v) is 1.26. The van der Waals surface area contributed by atoms with Gasteiger partial charge in [0.2, 0.25) is 5.90 Å². The van der Waals surface area contributed by atoms with Gasteiger partial charge in [-0.1, -0.05) is 0 Å². The Bertz CT molecular complexity index is 346. The summed E-state index contributed by atoms with van der Waals surface area (Å²) in [6, 6.07) is -0.253. The van der Waals surface area contributed by atoms with Crippen LogP contribution < -0.4 is 0 Å². The van der Waals surface area contributed by atoms with Crippen molar-refractivity contribution in [1.82, 2.24) is 0 Å². The predicted molar refractivity (Wildman–Crippen MR) is 58.1 cm³/mol. The molecule has 0 saturated carbocycles. The van der Waals surface area contributed by atoms with E-state index >= 15 is 0 Å². The lowest BCUT2D eigenvalue weighted by atomic mass is 10.3. The molecule has 0 aromatic carbocycles. The molecule has 2 aliphatic heterocycles. The van der Waals surface area contributed by atoms with Gasteiger partial charge in [-0.15, -0.1) is 0 Å². The Morgan fingerprint density at radius 3 is 3.07 bits per heavy atom. The number of hydrogen-bond acceptors (Lipinski definition) is 6. The fourth-order valence-electron chi connectivity index (χ4n) is 1.26. The third-order valence-electron chi connectivity index (χ3n) is 1.94. The molecule has 15 heavy (non-hydrogen) atoms.